The summed E-state index contributed by atoms with van der Waals surface area (Å²) in [6, 6.07) is 4.63. The van der Waals surface area contributed by atoms with Crippen molar-refractivity contribution in [2.24, 2.45) is 11.8 Å². The van der Waals surface area contributed by atoms with Gasteiger partial charge >= 0.3 is 6.36 Å². The van der Waals surface area contributed by atoms with Crippen molar-refractivity contribution < 1.29 is 22.7 Å². The highest BCUT2D eigenvalue weighted by Crippen LogP contribution is 2.32. The van der Waals surface area contributed by atoms with Crippen LogP contribution in [0.5, 0.6) is 5.75 Å². The Morgan fingerprint density at radius 3 is 2.43 bits per heavy atom. The highest BCUT2D eigenvalue weighted by molar-refractivity contribution is 5.97. The number of rotatable bonds is 4. The summed E-state index contributed by atoms with van der Waals surface area (Å²) in [5.41, 5.74) is 0.729. The Morgan fingerprint density at radius 1 is 1.11 bits per heavy atom. The molecule has 3 heterocycles. The number of alkyl halides is 3. The molecular formula is C20H26F3N3O2. The van der Waals surface area contributed by atoms with Crippen LogP contribution in [0.2, 0.25) is 0 Å². The SMILES string of the molecule is O=C(c1ccc(CN2CC3CNCC3C2)cc1OC(F)(F)F)N1CCCCC1. The van der Waals surface area contributed by atoms with Gasteiger partial charge in [0.15, 0.2) is 0 Å². The van der Waals surface area contributed by atoms with E-state index in [9.17, 15) is 18.0 Å². The zero-order valence-corrected chi connectivity index (χ0v) is 15.8. The van der Waals surface area contributed by atoms with Crippen LogP contribution >= 0.6 is 0 Å². The molecule has 2 unspecified atom stereocenters. The number of carbonyl (C=O) groups excluding carboxylic acids is 1. The van der Waals surface area contributed by atoms with E-state index in [-0.39, 0.29) is 17.2 Å². The number of carbonyl (C=O) groups is 1. The van der Waals surface area contributed by atoms with Crippen LogP contribution in [0.3, 0.4) is 0 Å². The first-order valence-corrected chi connectivity index (χ1v) is 10.00. The van der Waals surface area contributed by atoms with Crippen molar-refractivity contribution in [2.45, 2.75) is 32.2 Å². The number of ether oxygens (including phenoxy) is 1. The van der Waals surface area contributed by atoms with Crippen molar-refractivity contribution in [3.05, 3.63) is 29.3 Å². The van der Waals surface area contributed by atoms with E-state index in [0.29, 0.717) is 31.5 Å². The summed E-state index contributed by atoms with van der Waals surface area (Å²) < 4.78 is 43.1. The average Bonchev–Trinajstić information content (AvgIpc) is 3.22. The van der Waals surface area contributed by atoms with E-state index in [0.717, 1.165) is 51.0 Å². The molecule has 0 bridgehead atoms. The van der Waals surface area contributed by atoms with Gasteiger partial charge in [0.25, 0.3) is 5.91 Å². The van der Waals surface area contributed by atoms with Crippen LogP contribution in [-0.4, -0.2) is 61.3 Å². The summed E-state index contributed by atoms with van der Waals surface area (Å²) >= 11 is 0. The second-order valence-electron chi connectivity index (χ2n) is 8.10. The highest BCUT2D eigenvalue weighted by atomic mass is 19.4. The molecule has 1 N–H and O–H groups in total. The Balaban J connectivity index is 1.52. The molecule has 0 aromatic heterocycles. The number of benzene rings is 1. The summed E-state index contributed by atoms with van der Waals surface area (Å²) in [4.78, 5) is 16.7. The van der Waals surface area contributed by atoms with Crippen LogP contribution in [0, 0.1) is 11.8 Å². The van der Waals surface area contributed by atoms with Gasteiger partial charge in [-0.25, -0.2) is 0 Å². The fourth-order valence-corrected chi connectivity index (χ4v) is 4.66. The molecular weight excluding hydrogens is 371 g/mol. The second-order valence-corrected chi connectivity index (χ2v) is 8.10. The molecule has 3 saturated heterocycles. The molecule has 8 heteroatoms. The second kappa shape index (κ2) is 7.91. The van der Waals surface area contributed by atoms with Crippen molar-refractivity contribution in [1.82, 2.24) is 15.1 Å². The number of piperidine rings is 1. The van der Waals surface area contributed by atoms with Gasteiger partial charge in [-0.2, -0.15) is 0 Å². The third kappa shape index (κ3) is 4.43. The van der Waals surface area contributed by atoms with Crippen molar-refractivity contribution in [3.63, 3.8) is 0 Å². The first kappa shape index (κ1) is 19.5. The van der Waals surface area contributed by atoms with E-state index in [1.54, 1.807) is 11.0 Å². The smallest absolute Gasteiger partial charge is 0.405 e. The maximum atomic E-state index is 13.0. The van der Waals surface area contributed by atoms with Gasteiger partial charge in [0, 0.05) is 32.7 Å². The van der Waals surface area contributed by atoms with Gasteiger partial charge in [-0.15, -0.1) is 13.2 Å². The molecule has 0 spiro atoms. The monoisotopic (exact) mass is 397 g/mol. The maximum absolute atomic E-state index is 13.0. The molecule has 28 heavy (non-hydrogen) atoms. The molecule has 154 valence electrons. The zero-order chi connectivity index (χ0) is 19.7. The van der Waals surface area contributed by atoms with Crippen LogP contribution in [0.1, 0.15) is 35.2 Å². The minimum atomic E-state index is -4.83. The standard InChI is InChI=1S/C20H26F3N3O2/c21-20(22,23)28-18-8-14(11-25-12-15-9-24-10-16(15)13-25)4-5-17(18)19(27)26-6-2-1-3-7-26/h4-5,8,15-16,24H,1-3,6-7,9-13H2. The normalized spacial score (nSPS) is 25.8. The summed E-state index contributed by atoms with van der Waals surface area (Å²) in [6.45, 7) is 5.63. The Hall–Kier alpha value is -1.80. The van der Waals surface area contributed by atoms with E-state index in [2.05, 4.69) is 15.0 Å². The first-order valence-electron chi connectivity index (χ1n) is 10.00. The van der Waals surface area contributed by atoms with Crippen molar-refractivity contribution in [3.8, 4) is 5.75 Å². The fourth-order valence-electron chi connectivity index (χ4n) is 4.66. The van der Waals surface area contributed by atoms with E-state index in [1.807, 2.05) is 0 Å². The third-order valence-corrected chi connectivity index (χ3v) is 6.02. The predicted molar refractivity (Wildman–Crippen MR) is 98.0 cm³/mol. The molecule has 1 amide bonds. The molecule has 0 radical (unpaired) electrons. The van der Waals surface area contributed by atoms with Crippen LogP contribution < -0.4 is 10.1 Å². The van der Waals surface area contributed by atoms with Gasteiger partial charge in [0.2, 0.25) is 0 Å². The molecule has 3 aliphatic rings. The Morgan fingerprint density at radius 2 is 1.79 bits per heavy atom. The van der Waals surface area contributed by atoms with E-state index in [1.165, 1.54) is 12.1 Å². The van der Waals surface area contributed by atoms with Crippen LogP contribution in [0.25, 0.3) is 0 Å². The molecule has 0 aliphatic carbocycles. The molecule has 0 saturated carbocycles. The number of likely N-dealkylation sites (tertiary alicyclic amines) is 2. The van der Waals surface area contributed by atoms with Crippen molar-refractivity contribution in [1.29, 1.82) is 0 Å². The molecule has 3 fully saturated rings. The number of amides is 1. The first-order chi connectivity index (χ1) is 13.4. The van der Waals surface area contributed by atoms with Gasteiger partial charge in [0.05, 0.1) is 5.56 Å². The molecule has 3 aliphatic heterocycles. The van der Waals surface area contributed by atoms with Crippen LogP contribution in [-0.2, 0) is 6.54 Å². The zero-order valence-electron chi connectivity index (χ0n) is 15.8. The summed E-state index contributed by atoms with van der Waals surface area (Å²) in [6.07, 6.45) is -2.02. The number of hydrogen-bond donors (Lipinski definition) is 1. The fraction of sp³-hybridized carbons (Fsp3) is 0.650. The van der Waals surface area contributed by atoms with Gasteiger partial charge in [-0.1, -0.05) is 6.07 Å². The van der Waals surface area contributed by atoms with E-state index >= 15 is 0 Å². The molecule has 4 rings (SSSR count). The van der Waals surface area contributed by atoms with Crippen molar-refractivity contribution >= 4 is 5.91 Å². The van der Waals surface area contributed by atoms with E-state index in [4.69, 9.17) is 0 Å². The lowest BCUT2D eigenvalue weighted by atomic mass is 10.0. The quantitative estimate of drug-likeness (QED) is 0.849. The van der Waals surface area contributed by atoms with Crippen molar-refractivity contribution in [2.75, 3.05) is 39.3 Å². The molecule has 2 atom stereocenters. The van der Waals surface area contributed by atoms with Gasteiger partial charge in [-0.05, 0) is 61.9 Å². The van der Waals surface area contributed by atoms with Crippen LogP contribution in [0.4, 0.5) is 13.2 Å². The minimum Gasteiger partial charge on any atom is -0.405 e. The number of nitrogens with zero attached hydrogens (tertiary/aromatic N) is 2. The molecule has 1 aromatic carbocycles. The maximum Gasteiger partial charge on any atom is 0.573 e. The summed E-state index contributed by atoms with van der Waals surface area (Å²) in [5, 5.41) is 3.38. The van der Waals surface area contributed by atoms with Gasteiger partial charge in [0.1, 0.15) is 5.75 Å². The Labute approximate surface area is 162 Å². The minimum absolute atomic E-state index is 0.00883. The highest BCUT2D eigenvalue weighted by Gasteiger charge is 2.37. The lowest BCUT2D eigenvalue weighted by Crippen LogP contribution is -2.36. The lowest BCUT2D eigenvalue weighted by Gasteiger charge is -2.27. The number of fused-ring (bicyclic) bond motifs is 1. The largest absolute Gasteiger partial charge is 0.573 e. The third-order valence-electron chi connectivity index (χ3n) is 6.02. The van der Waals surface area contributed by atoms with Gasteiger partial charge in [-0.3, -0.25) is 9.69 Å². The topological polar surface area (TPSA) is 44.8 Å². The molecule has 5 nitrogen and oxygen atoms in total. The average molecular weight is 397 g/mol. The predicted octanol–water partition coefficient (Wildman–Crippen LogP) is 2.86. The number of halogens is 3. The Kier molecular flexibility index (Phi) is 5.51. The number of hydrogen-bond acceptors (Lipinski definition) is 4. The number of nitrogens with one attached hydrogen (secondary N) is 1. The van der Waals surface area contributed by atoms with Gasteiger partial charge < -0.3 is 15.0 Å². The summed E-state index contributed by atoms with van der Waals surface area (Å²) in [5.74, 6) is 0.464. The van der Waals surface area contributed by atoms with Crippen LogP contribution in [0.15, 0.2) is 18.2 Å². The molecule has 1 aromatic rings. The lowest BCUT2D eigenvalue weighted by molar-refractivity contribution is -0.274. The summed E-state index contributed by atoms with van der Waals surface area (Å²) in [7, 11) is 0. The van der Waals surface area contributed by atoms with E-state index < -0.39 is 6.36 Å². The Bertz CT molecular complexity index is 707.